The van der Waals surface area contributed by atoms with Crippen molar-refractivity contribution in [1.82, 2.24) is 9.47 Å². The van der Waals surface area contributed by atoms with Gasteiger partial charge < -0.3 is 14.4 Å². The molecule has 5 rings (SSSR count). The number of fused-ring (bicyclic) bond motifs is 2. The van der Waals surface area contributed by atoms with Gasteiger partial charge in [-0.05, 0) is 48.9 Å². The van der Waals surface area contributed by atoms with Crippen LogP contribution in [-0.2, 0) is 16.1 Å². The summed E-state index contributed by atoms with van der Waals surface area (Å²) in [5, 5.41) is 1.01. The van der Waals surface area contributed by atoms with Crippen LogP contribution in [0.15, 0.2) is 60.8 Å². The lowest BCUT2D eigenvalue weighted by Gasteiger charge is -2.43. The van der Waals surface area contributed by atoms with Gasteiger partial charge in [0.1, 0.15) is 17.4 Å². The number of benzene rings is 2. The first kappa shape index (κ1) is 23.0. The molecule has 2 fully saturated rings. The second-order valence-electron chi connectivity index (χ2n) is 9.09. The lowest BCUT2D eigenvalue weighted by Crippen LogP contribution is -2.58. The number of carbonyl (C=O) groups excluding carboxylic acids is 2. The predicted molar refractivity (Wildman–Crippen MR) is 134 cm³/mol. The third-order valence-corrected chi connectivity index (χ3v) is 7.72. The van der Waals surface area contributed by atoms with E-state index in [-0.39, 0.29) is 17.7 Å². The Morgan fingerprint density at radius 2 is 1.91 bits per heavy atom. The molecule has 0 unspecified atom stereocenters. The largest absolute Gasteiger partial charge is 0.497 e. The van der Waals surface area contributed by atoms with E-state index in [1.54, 1.807) is 23.4 Å². The fraction of sp³-hybridized carbons (Fsp3) is 0.407. The summed E-state index contributed by atoms with van der Waals surface area (Å²) in [7, 11) is 1.63. The molecule has 1 saturated carbocycles. The number of aromatic nitrogens is 1. The lowest BCUT2D eigenvalue weighted by molar-refractivity contribution is -0.138. The fourth-order valence-electron chi connectivity index (χ4n) is 5.75. The average Bonchev–Trinajstić information content (AvgIpc) is 3.41. The maximum atomic E-state index is 14.4. The highest BCUT2D eigenvalue weighted by molar-refractivity contribution is 7.98. The quantitative estimate of drug-likeness (QED) is 0.449. The SMILES string of the molecule is COc1ccc(CN2C(=O)[C@H](OCSC)[C@H]3CCCC[C@]32C(=O)n2ccc3ccccc32)cc1. The summed E-state index contributed by atoms with van der Waals surface area (Å²) in [5.41, 5.74) is 0.908. The Labute approximate surface area is 204 Å². The van der Waals surface area contributed by atoms with Crippen molar-refractivity contribution in [3.8, 4) is 5.75 Å². The molecule has 0 spiro atoms. The summed E-state index contributed by atoms with van der Waals surface area (Å²) in [6.07, 6.45) is 6.55. The molecule has 1 amide bonds. The van der Waals surface area contributed by atoms with Crippen molar-refractivity contribution in [2.24, 2.45) is 5.92 Å². The van der Waals surface area contributed by atoms with E-state index in [0.717, 1.165) is 41.5 Å². The Kier molecular flexibility index (Phi) is 6.40. The molecule has 2 heterocycles. The van der Waals surface area contributed by atoms with Gasteiger partial charge in [-0.15, -0.1) is 11.8 Å². The molecule has 0 radical (unpaired) electrons. The minimum atomic E-state index is -0.930. The first-order chi connectivity index (χ1) is 16.6. The average molecular weight is 479 g/mol. The van der Waals surface area contributed by atoms with Gasteiger partial charge in [-0.3, -0.25) is 14.2 Å². The number of likely N-dealkylation sites (tertiary alicyclic amines) is 1. The molecular weight excluding hydrogens is 448 g/mol. The number of hydrogen-bond donors (Lipinski definition) is 0. The van der Waals surface area contributed by atoms with Gasteiger partial charge in [-0.2, -0.15) is 0 Å². The smallest absolute Gasteiger partial charge is 0.257 e. The van der Waals surface area contributed by atoms with Crippen molar-refractivity contribution < 1.29 is 19.1 Å². The van der Waals surface area contributed by atoms with E-state index >= 15 is 0 Å². The predicted octanol–water partition coefficient (Wildman–Crippen LogP) is 4.97. The molecule has 178 valence electrons. The number of carbonyl (C=O) groups is 2. The maximum Gasteiger partial charge on any atom is 0.257 e. The number of thioether (sulfide) groups is 1. The number of para-hydroxylation sites is 1. The lowest BCUT2D eigenvalue weighted by atomic mass is 9.71. The number of ether oxygens (including phenoxy) is 2. The van der Waals surface area contributed by atoms with Crippen LogP contribution in [0.2, 0.25) is 0 Å². The van der Waals surface area contributed by atoms with E-state index in [1.807, 2.05) is 71.9 Å². The number of nitrogens with zero attached hydrogens (tertiary/aromatic N) is 2. The van der Waals surface area contributed by atoms with Crippen LogP contribution in [-0.4, -0.2) is 52.2 Å². The molecule has 3 atom stereocenters. The monoisotopic (exact) mass is 478 g/mol. The highest BCUT2D eigenvalue weighted by Crippen LogP contribution is 2.49. The molecule has 34 heavy (non-hydrogen) atoms. The summed E-state index contributed by atoms with van der Waals surface area (Å²) in [6, 6.07) is 17.6. The van der Waals surface area contributed by atoms with E-state index in [0.29, 0.717) is 18.9 Å². The van der Waals surface area contributed by atoms with Crippen molar-refractivity contribution in [3.63, 3.8) is 0 Å². The van der Waals surface area contributed by atoms with Gasteiger partial charge in [-0.1, -0.05) is 43.2 Å². The van der Waals surface area contributed by atoms with E-state index < -0.39 is 11.6 Å². The molecule has 1 aromatic heterocycles. The van der Waals surface area contributed by atoms with E-state index in [2.05, 4.69) is 0 Å². The molecule has 1 saturated heterocycles. The number of amides is 1. The summed E-state index contributed by atoms with van der Waals surface area (Å²) in [5.74, 6) is 0.905. The van der Waals surface area contributed by atoms with E-state index in [9.17, 15) is 9.59 Å². The molecule has 6 nitrogen and oxygen atoms in total. The minimum absolute atomic E-state index is 0.0319. The summed E-state index contributed by atoms with van der Waals surface area (Å²) in [6.45, 7) is 0.364. The molecule has 1 aliphatic carbocycles. The third kappa shape index (κ3) is 3.71. The van der Waals surface area contributed by atoms with Crippen molar-refractivity contribution in [1.29, 1.82) is 0 Å². The van der Waals surface area contributed by atoms with Crippen molar-refractivity contribution in [2.75, 3.05) is 19.3 Å². The van der Waals surface area contributed by atoms with Crippen LogP contribution in [0.25, 0.3) is 10.9 Å². The Morgan fingerprint density at radius 1 is 1.12 bits per heavy atom. The molecule has 3 aromatic rings. The van der Waals surface area contributed by atoms with Crippen molar-refractivity contribution >= 4 is 34.5 Å². The Bertz CT molecular complexity index is 1190. The first-order valence-electron chi connectivity index (χ1n) is 11.8. The Balaban J connectivity index is 1.60. The van der Waals surface area contributed by atoms with Gasteiger partial charge in [0.15, 0.2) is 0 Å². The fourth-order valence-corrected chi connectivity index (χ4v) is 6.04. The molecule has 2 aromatic carbocycles. The molecule has 1 aliphatic heterocycles. The highest BCUT2D eigenvalue weighted by atomic mass is 32.2. The van der Waals surface area contributed by atoms with Gasteiger partial charge in [0.2, 0.25) is 0 Å². The van der Waals surface area contributed by atoms with Crippen LogP contribution < -0.4 is 4.74 Å². The van der Waals surface area contributed by atoms with Crippen LogP contribution in [0.4, 0.5) is 0 Å². The zero-order valence-electron chi connectivity index (χ0n) is 19.6. The Morgan fingerprint density at radius 3 is 2.68 bits per heavy atom. The summed E-state index contributed by atoms with van der Waals surface area (Å²) >= 11 is 1.55. The second kappa shape index (κ2) is 9.47. The summed E-state index contributed by atoms with van der Waals surface area (Å²) < 4.78 is 13.2. The second-order valence-corrected chi connectivity index (χ2v) is 9.91. The van der Waals surface area contributed by atoms with Crippen LogP contribution in [0.5, 0.6) is 5.75 Å². The standard InChI is InChI=1S/C27H30N2O4S/c1-32-21-12-10-19(11-13-21)17-29-25(30)24(33-18-34-2)22-8-5-6-15-27(22,29)26(31)28-16-14-20-7-3-4-9-23(20)28/h3-4,7,9-14,16,22,24H,5-6,8,15,17-18H2,1-2H3/t22-,24-,27-/m1/s1. The van der Waals surface area contributed by atoms with Gasteiger partial charge >= 0.3 is 0 Å². The topological polar surface area (TPSA) is 60.8 Å². The van der Waals surface area contributed by atoms with Crippen LogP contribution in [0.3, 0.4) is 0 Å². The van der Waals surface area contributed by atoms with Crippen LogP contribution in [0.1, 0.15) is 36.0 Å². The molecule has 0 bridgehead atoms. The number of methoxy groups -OCH3 is 1. The van der Waals surface area contributed by atoms with Gasteiger partial charge in [0, 0.05) is 24.0 Å². The van der Waals surface area contributed by atoms with Crippen LogP contribution in [0, 0.1) is 5.92 Å². The number of rotatable bonds is 7. The van der Waals surface area contributed by atoms with Crippen molar-refractivity contribution in [3.05, 3.63) is 66.4 Å². The third-order valence-electron chi connectivity index (χ3n) is 7.35. The normalized spacial score (nSPS) is 24.4. The van der Waals surface area contributed by atoms with E-state index in [1.165, 1.54) is 0 Å². The van der Waals surface area contributed by atoms with Gasteiger partial charge in [0.05, 0.1) is 18.6 Å². The summed E-state index contributed by atoms with van der Waals surface area (Å²) in [4.78, 5) is 30.1. The van der Waals surface area contributed by atoms with Crippen LogP contribution >= 0.6 is 11.8 Å². The van der Waals surface area contributed by atoms with Crippen molar-refractivity contribution in [2.45, 2.75) is 43.9 Å². The molecule has 7 heteroatoms. The zero-order chi connectivity index (χ0) is 23.7. The zero-order valence-corrected chi connectivity index (χ0v) is 20.4. The molecular formula is C27H30N2O4S. The Hall–Kier alpha value is -2.77. The number of hydrogen-bond acceptors (Lipinski definition) is 5. The van der Waals surface area contributed by atoms with Gasteiger partial charge in [0.25, 0.3) is 11.8 Å². The molecule has 0 N–H and O–H groups in total. The molecule has 2 aliphatic rings. The highest BCUT2D eigenvalue weighted by Gasteiger charge is 2.63. The van der Waals surface area contributed by atoms with E-state index in [4.69, 9.17) is 9.47 Å². The maximum absolute atomic E-state index is 14.4. The minimum Gasteiger partial charge on any atom is -0.497 e. The van der Waals surface area contributed by atoms with Gasteiger partial charge in [-0.25, -0.2) is 0 Å². The first-order valence-corrected chi connectivity index (χ1v) is 13.2.